The quantitative estimate of drug-likeness (QED) is 0.756. The number of aryl methyl sites for hydroxylation is 1. The second-order valence-electron chi connectivity index (χ2n) is 5.01. The van der Waals surface area contributed by atoms with Gasteiger partial charge in [-0.2, -0.15) is 5.10 Å². The average Bonchev–Trinajstić information content (AvgIpc) is 2.92. The molecule has 1 fully saturated rings. The second-order valence-corrected chi connectivity index (χ2v) is 5.01. The zero-order chi connectivity index (χ0) is 18.8. The zero-order valence-corrected chi connectivity index (χ0v) is 10.4. The van der Waals surface area contributed by atoms with Crippen LogP contribution in [0.2, 0.25) is 0 Å². The molecule has 2 rings (SSSR count). The van der Waals surface area contributed by atoms with E-state index in [-0.39, 0.29) is 5.59 Å². The van der Waals surface area contributed by atoms with E-state index in [2.05, 4.69) is 5.10 Å². The minimum Gasteiger partial charge on any atom is -0.398 e. The molecule has 0 spiro atoms. The first-order valence-corrected chi connectivity index (χ1v) is 5.45. The number of nitrogens with zero attached hydrogens (tertiary/aromatic N) is 2. The zero-order valence-electron chi connectivity index (χ0n) is 17.4. The summed E-state index contributed by atoms with van der Waals surface area (Å²) in [6.45, 7) is 1.41. The van der Waals surface area contributed by atoms with E-state index in [1.165, 1.54) is 12.3 Å². The van der Waals surface area contributed by atoms with Gasteiger partial charge in [-0.25, -0.2) is 0 Å². The van der Waals surface area contributed by atoms with Crippen molar-refractivity contribution in [3.8, 4) is 0 Å². The highest BCUT2D eigenvalue weighted by atomic mass is 16.7. The Bertz CT molecular complexity index is 611. The normalized spacial score (nSPS) is 30.6. The van der Waals surface area contributed by atoms with E-state index in [9.17, 15) is 0 Å². The molecule has 5 heteroatoms. The summed E-state index contributed by atoms with van der Waals surface area (Å²) in [5, 5.41) is 3.98. The van der Waals surface area contributed by atoms with Gasteiger partial charge in [-0.1, -0.05) is 6.85 Å². The average molecular weight is 243 g/mol. The SMILES string of the molecule is [2H]C([2H])([2H])C([2H])([2H])C([2H])([2H])n1ccc(B2OC(C)(C)C(C)(C)O2)n1. The van der Waals surface area contributed by atoms with Gasteiger partial charge < -0.3 is 9.31 Å². The predicted molar refractivity (Wildman–Crippen MR) is 68.2 cm³/mol. The van der Waals surface area contributed by atoms with Crippen molar-refractivity contribution in [2.45, 2.75) is 58.6 Å². The van der Waals surface area contributed by atoms with Crippen LogP contribution in [0.5, 0.6) is 0 Å². The van der Waals surface area contributed by atoms with E-state index in [0.717, 1.165) is 0 Å². The second kappa shape index (κ2) is 4.14. The molecule has 2 heterocycles. The summed E-state index contributed by atoms with van der Waals surface area (Å²) in [5.41, 5.74) is -0.958. The highest BCUT2D eigenvalue weighted by molar-refractivity contribution is 6.61. The molecule has 94 valence electrons. The highest BCUT2D eigenvalue weighted by Crippen LogP contribution is 2.36. The largest absolute Gasteiger partial charge is 0.516 e. The lowest BCUT2D eigenvalue weighted by molar-refractivity contribution is 0.00578. The molecular formula is C12H21BN2O2. The summed E-state index contributed by atoms with van der Waals surface area (Å²) in [4.78, 5) is 0. The number of hydrogen-bond donors (Lipinski definition) is 0. The minimum absolute atomic E-state index is 0.249. The molecule has 1 aliphatic rings. The van der Waals surface area contributed by atoms with E-state index in [4.69, 9.17) is 18.9 Å². The van der Waals surface area contributed by atoms with Crippen LogP contribution in [0.3, 0.4) is 0 Å². The van der Waals surface area contributed by atoms with Crippen LogP contribution < -0.4 is 5.59 Å². The molecule has 1 aromatic rings. The van der Waals surface area contributed by atoms with E-state index >= 15 is 0 Å². The van der Waals surface area contributed by atoms with Gasteiger partial charge in [-0.3, -0.25) is 4.68 Å². The van der Waals surface area contributed by atoms with Crippen molar-refractivity contribution in [3.05, 3.63) is 12.3 Å². The van der Waals surface area contributed by atoms with Gasteiger partial charge >= 0.3 is 7.12 Å². The van der Waals surface area contributed by atoms with Gasteiger partial charge in [-0.05, 0) is 40.1 Å². The Hall–Kier alpha value is -0.805. The van der Waals surface area contributed by atoms with E-state index < -0.39 is 38.0 Å². The molecule has 4 nitrogen and oxygen atoms in total. The van der Waals surface area contributed by atoms with Crippen molar-refractivity contribution >= 4 is 12.7 Å². The maximum Gasteiger partial charge on any atom is 0.516 e. The smallest absolute Gasteiger partial charge is 0.398 e. The fourth-order valence-corrected chi connectivity index (χ4v) is 1.55. The van der Waals surface area contributed by atoms with Crippen molar-refractivity contribution in [1.29, 1.82) is 0 Å². The van der Waals surface area contributed by atoms with Crippen LogP contribution in [0.4, 0.5) is 0 Å². The maximum atomic E-state index is 7.92. The number of aromatic nitrogens is 2. The van der Waals surface area contributed by atoms with Crippen LogP contribution in [0.25, 0.3) is 0 Å². The summed E-state index contributed by atoms with van der Waals surface area (Å²) >= 11 is 0. The van der Waals surface area contributed by atoms with Crippen molar-refractivity contribution < 1.29 is 18.9 Å². The predicted octanol–water partition coefficient (Wildman–Crippen LogP) is 1.59. The Balaban J connectivity index is 2.32. The standard InChI is InChI=1S/C12H21BN2O2/c1-6-8-15-9-7-10(14-15)13-16-11(2,3)12(4,5)17-13/h7,9H,6,8H2,1-5H3/i1D3,6D2,8D2. The lowest BCUT2D eigenvalue weighted by Crippen LogP contribution is -2.41. The highest BCUT2D eigenvalue weighted by Gasteiger charge is 2.52. The van der Waals surface area contributed by atoms with Gasteiger partial charge in [0, 0.05) is 19.5 Å². The molecule has 0 radical (unpaired) electrons. The molecule has 0 unspecified atom stereocenters. The molecule has 1 aliphatic heterocycles. The Morgan fingerprint density at radius 3 is 2.65 bits per heavy atom. The molecule has 0 saturated carbocycles. The first-order valence-electron chi connectivity index (χ1n) is 8.95. The first-order chi connectivity index (χ1) is 10.5. The van der Waals surface area contributed by atoms with Crippen LogP contribution in [0, 0.1) is 0 Å². The summed E-state index contributed by atoms with van der Waals surface area (Å²) in [7, 11) is -0.842. The lowest BCUT2D eigenvalue weighted by atomic mass is 9.85. The summed E-state index contributed by atoms with van der Waals surface area (Å²) in [5.74, 6) is 0. The third-order valence-electron chi connectivity index (χ3n) is 3.27. The number of rotatable bonds is 3. The van der Waals surface area contributed by atoms with Gasteiger partial charge in [0.1, 0.15) is 0 Å². The van der Waals surface area contributed by atoms with Crippen LogP contribution in [-0.4, -0.2) is 28.1 Å². The molecule has 0 amide bonds. The van der Waals surface area contributed by atoms with Gasteiger partial charge in [0.25, 0.3) is 0 Å². The molecule has 1 aromatic heterocycles. The molecule has 0 bridgehead atoms. The third-order valence-corrected chi connectivity index (χ3v) is 3.27. The molecule has 0 aromatic carbocycles. The maximum absolute atomic E-state index is 7.92. The molecule has 0 atom stereocenters. The van der Waals surface area contributed by atoms with Crippen molar-refractivity contribution in [3.63, 3.8) is 0 Å². The van der Waals surface area contributed by atoms with E-state index in [0.29, 0.717) is 4.68 Å². The molecule has 1 saturated heterocycles. The van der Waals surface area contributed by atoms with Gasteiger partial charge in [0.05, 0.1) is 19.5 Å². The molecule has 0 aliphatic carbocycles. The molecule has 0 N–H and O–H groups in total. The Morgan fingerprint density at radius 2 is 2.06 bits per heavy atom. The van der Waals surface area contributed by atoms with Gasteiger partial charge in [0.2, 0.25) is 0 Å². The van der Waals surface area contributed by atoms with Gasteiger partial charge in [-0.15, -0.1) is 0 Å². The van der Waals surface area contributed by atoms with Gasteiger partial charge in [0.15, 0.2) is 0 Å². The van der Waals surface area contributed by atoms with Crippen LogP contribution in [0.1, 0.15) is 50.5 Å². The Kier molecular flexibility index (Phi) is 1.56. The lowest BCUT2D eigenvalue weighted by Gasteiger charge is -2.32. The summed E-state index contributed by atoms with van der Waals surface area (Å²) in [6, 6.07) is 1.43. The third kappa shape index (κ3) is 2.26. The van der Waals surface area contributed by atoms with Crippen LogP contribution in [0.15, 0.2) is 12.3 Å². The first kappa shape index (κ1) is 6.39. The fourth-order valence-electron chi connectivity index (χ4n) is 1.55. The van der Waals surface area contributed by atoms with Crippen molar-refractivity contribution in [2.24, 2.45) is 0 Å². The van der Waals surface area contributed by atoms with Crippen molar-refractivity contribution in [1.82, 2.24) is 9.78 Å². The Labute approximate surface area is 113 Å². The summed E-state index contributed by atoms with van der Waals surface area (Å²) in [6.07, 6.45) is -1.94. The fraction of sp³-hybridized carbons (Fsp3) is 0.750. The van der Waals surface area contributed by atoms with Crippen molar-refractivity contribution in [2.75, 3.05) is 0 Å². The molecule has 17 heavy (non-hydrogen) atoms. The van der Waals surface area contributed by atoms with Crippen LogP contribution in [-0.2, 0) is 15.8 Å². The topological polar surface area (TPSA) is 36.3 Å². The van der Waals surface area contributed by atoms with E-state index in [1.54, 1.807) is 0 Å². The van der Waals surface area contributed by atoms with E-state index in [1.807, 2.05) is 27.7 Å². The summed E-state index contributed by atoms with van der Waals surface area (Å²) < 4.78 is 65.2. The molecular weight excluding hydrogens is 215 g/mol. The monoisotopic (exact) mass is 243 g/mol. The minimum atomic E-state index is -3.15. The number of hydrogen-bond acceptors (Lipinski definition) is 3. The Morgan fingerprint density at radius 1 is 1.41 bits per heavy atom. The van der Waals surface area contributed by atoms with Crippen LogP contribution >= 0.6 is 0 Å².